The molecule has 2 aromatic carbocycles. The van der Waals surface area contributed by atoms with Gasteiger partial charge in [-0.05, 0) is 66.5 Å². The third kappa shape index (κ3) is 2.75. The van der Waals surface area contributed by atoms with E-state index in [1.165, 1.54) is 4.90 Å². The van der Waals surface area contributed by atoms with Crippen molar-refractivity contribution in [1.29, 1.82) is 0 Å². The molecule has 6 nitrogen and oxygen atoms in total. The fraction of sp³-hybridized carbons (Fsp3) is 0.346. The van der Waals surface area contributed by atoms with Gasteiger partial charge in [-0.25, -0.2) is 4.90 Å². The zero-order chi connectivity index (χ0) is 22.0. The summed E-state index contributed by atoms with van der Waals surface area (Å²) < 4.78 is 11.0. The molecular weight excluding hydrogens is 406 g/mol. The number of carbonyl (C=O) groups excluding carboxylic acids is 3. The topological polar surface area (TPSA) is 72.9 Å². The summed E-state index contributed by atoms with van der Waals surface area (Å²) in [6.45, 7) is -0.191. The Balaban J connectivity index is 1.24. The lowest BCUT2D eigenvalue weighted by Gasteiger charge is -2.37. The number of para-hydroxylation sites is 2. The van der Waals surface area contributed by atoms with Gasteiger partial charge in [0.1, 0.15) is 11.5 Å². The van der Waals surface area contributed by atoms with Crippen LogP contribution in [0.3, 0.4) is 0 Å². The second-order valence-corrected chi connectivity index (χ2v) is 9.07. The minimum atomic E-state index is -0.268. The van der Waals surface area contributed by atoms with E-state index in [2.05, 4.69) is 12.2 Å². The fourth-order valence-electron chi connectivity index (χ4n) is 5.96. The molecule has 4 aliphatic carbocycles. The van der Waals surface area contributed by atoms with Gasteiger partial charge in [-0.3, -0.25) is 14.4 Å². The van der Waals surface area contributed by atoms with Crippen LogP contribution in [0.2, 0.25) is 0 Å². The van der Waals surface area contributed by atoms with Crippen molar-refractivity contribution in [2.24, 2.45) is 35.5 Å². The number of hydrogen-bond acceptors (Lipinski definition) is 5. The van der Waals surface area contributed by atoms with E-state index in [-0.39, 0.29) is 47.9 Å². The lowest BCUT2D eigenvalue weighted by atomic mass is 9.63. The highest BCUT2D eigenvalue weighted by molar-refractivity contribution is 6.23. The van der Waals surface area contributed by atoms with Crippen molar-refractivity contribution in [1.82, 2.24) is 0 Å². The molecular formula is C26H23NO5. The minimum Gasteiger partial charge on any atom is -0.497 e. The van der Waals surface area contributed by atoms with Crippen LogP contribution in [0, 0.1) is 35.5 Å². The summed E-state index contributed by atoms with van der Waals surface area (Å²) >= 11 is 0. The maximum Gasteiger partial charge on any atom is 0.238 e. The van der Waals surface area contributed by atoms with Crippen LogP contribution in [0.4, 0.5) is 5.69 Å². The normalized spacial score (nSPS) is 31.3. The predicted molar refractivity (Wildman–Crippen MR) is 116 cm³/mol. The van der Waals surface area contributed by atoms with Gasteiger partial charge in [-0.15, -0.1) is 0 Å². The van der Waals surface area contributed by atoms with Gasteiger partial charge in [0.2, 0.25) is 11.8 Å². The van der Waals surface area contributed by atoms with Crippen molar-refractivity contribution in [3.8, 4) is 11.5 Å². The molecule has 5 aliphatic rings. The Morgan fingerprint density at radius 1 is 0.938 bits per heavy atom. The maximum absolute atomic E-state index is 13.4. The van der Waals surface area contributed by atoms with E-state index in [0.717, 1.165) is 6.42 Å². The molecule has 7 rings (SSSR count). The highest BCUT2D eigenvalue weighted by Crippen LogP contribution is 2.65. The highest BCUT2D eigenvalue weighted by atomic mass is 16.5. The van der Waals surface area contributed by atoms with Crippen LogP contribution in [0.25, 0.3) is 0 Å². The second kappa shape index (κ2) is 7.05. The molecule has 3 fully saturated rings. The van der Waals surface area contributed by atoms with Gasteiger partial charge in [0.05, 0.1) is 24.6 Å². The molecule has 162 valence electrons. The van der Waals surface area contributed by atoms with Crippen molar-refractivity contribution < 1.29 is 23.9 Å². The van der Waals surface area contributed by atoms with Gasteiger partial charge in [-0.1, -0.05) is 24.3 Å². The van der Waals surface area contributed by atoms with Gasteiger partial charge in [0, 0.05) is 5.56 Å². The second-order valence-electron chi connectivity index (χ2n) is 9.07. The molecule has 0 aromatic heterocycles. The molecule has 2 amide bonds. The highest BCUT2D eigenvalue weighted by Gasteiger charge is 2.67. The van der Waals surface area contributed by atoms with Gasteiger partial charge < -0.3 is 9.47 Å². The Morgan fingerprint density at radius 3 is 2.19 bits per heavy atom. The number of rotatable bonds is 6. The Labute approximate surface area is 185 Å². The molecule has 1 aliphatic heterocycles. The molecule has 2 aromatic rings. The summed E-state index contributed by atoms with van der Waals surface area (Å²) in [6, 6.07) is 13.8. The third-order valence-electron chi connectivity index (χ3n) is 7.54. The van der Waals surface area contributed by atoms with Crippen LogP contribution in [0.1, 0.15) is 16.8 Å². The smallest absolute Gasteiger partial charge is 0.238 e. The van der Waals surface area contributed by atoms with Crippen LogP contribution < -0.4 is 14.4 Å². The summed E-state index contributed by atoms with van der Waals surface area (Å²) in [4.78, 5) is 40.7. The van der Waals surface area contributed by atoms with Crippen LogP contribution in [0.5, 0.6) is 11.5 Å². The average Bonchev–Trinajstić information content (AvgIpc) is 3.61. The van der Waals surface area contributed by atoms with E-state index in [4.69, 9.17) is 9.47 Å². The summed E-state index contributed by atoms with van der Waals surface area (Å²) in [5.74, 6) is 1.46. The van der Waals surface area contributed by atoms with E-state index in [1.54, 1.807) is 55.6 Å². The van der Waals surface area contributed by atoms with Crippen molar-refractivity contribution in [2.75, 3.05) is 18.6 Å². The Kier molecular flexibility index (Phi) is 4.25. The molecule has 2 saturated carbocycles. The number of Topliss-reactive ketones (excluding diaryl/α,β-unsaturated/α-hetero) is 1. The lowest BCUT2D eigenvalue weighted by molar-refractivity contribution is -0.124. The number of imide groups is 1. The number of anilines is 1. The summed E-state index contributed by atoms with van der Waals surface area (Å²) in [6.07, 6.45) is 5.44. The molecule has 2 bridgehead atoms. The van der Waals surface area contributed by atoms with E-state index < -0.39 is 0 Å². The number of allylic oxidation sites excluding steroid dienone is 2. The van der Waals surface area contributed by atoms with Gasteiger partial charge in [0.15, 0.2) is 12.4 Å². The first kappa shape index (κ1) is 19.3. The molecule has 0 spiro atoms. The largest absolute Gasteiger partial charge is 0.497 e. The quantitative estimate of drug-likeness (QED) is 0.399. The Morgan fingerprint density at radius 2 is 1.56 bits per heavy atom. The standard InChI is InChI=1S/C26H23NO5/c1-31-15-8-6-14(7-9-15)21(28)13-32-22-5-3-2-4-20(22)27-25(29)23-16-10-11-17(19-12-18(16)19)24(23)26(27)30/h2-11,16-19,23-24H,12-13H2,1H3/t16-,17-,18-,19+,23-,24+/m0/s1. The average molecular weight is 429 g/mol. The fourth-order valence-corrected chi connectivity index (χ4v) is 5.96. The van der Waals surface area contributed by atoms with Crippen LogP contribution in [-0.2, 0) is 9.59 Å². The monoisotopic (exact) mass is 429 g/mol. The Bertz CT molecular complexity index is 1120. The number of carbonyl (C=O) groups is 3. The molecule has 0 radical (unpaired) electrons. The van der Waals surface area contributed by atoms with Gasteiger partial charge in [0.25, 0.3) is 0 Å². The predicted octanol–water partition coefficient (Wildman–Crippen LogP) is 3.51. The van der Waals surface area contributed by atoms with Gasteiger partial charge in [-0.2, -0.15) is 0 Å². The first-order valence-electron chi connectivity index (χ1n) is 11.0. The maximum atomic E-state index is 13.4. The van der Waals surface area contributed by atoms with Crippen LogP contribution in [-0.4, -0.2) is 31.3 Å². The van der Waals surface area contributed by atoms with Gasteiger partial charge >= 0.3 is 0 Å². The number of ether oxygens (including phenoxy) is 2. The first-order chi connectivity index (χ1) is 15.6. The molecule has 1 heterocycles. The van der Waals surface area contributed by atoms with Crippen LogP contribution in [0.15, 0.2) is 60.7 Å². The molecule has 0 N–H and O–H groups in total. The SMILES string of the molecule is COc1ccc(C(=O)COc2ccccc2N2C(=O)[C@@H]3[C@H]4C=C[C@@H]([C@@H]5C[C@H]45)[C@@H]3C2=O)cc1. The molecule has 0 unspecified atom stereocenters. The zero-order valence-corrected chi connectivity index (χ0v) is 17.6. The van der Waals surface area contributed by atoms with Crippen molar-refractivity contribution >= 4 is 23.3 Å². The number of amides is 2. The third-order valence-corrected chi connectivity index (χ3v) is 7.54. The van der Waals surface area contributed by atoms with Crippen molar-refractivity contribution in [2.45, 2.75) is 6.42 Å². The zero-order valence-electron chi connectivity index (χ0n) is 17.6. The summed E-state index contributed by atoms with van der Waals surface area (Å²) in [5.41, 5.74) is 0.928. The number of nitrogens with zero attached hydrogens (tertiary/aromatic N) is 1. The lowest BCUT2D eigenvalue weighted by Crippen LogP contribution is -2.40. The van der Waals surface area contributed by atoms with E-state index in [0.29, 0.717) is 34.6 Å². The van der Waals surface area contributed by atoms with E-state index >= 15 is 0 Å². The van der Waals surface area contributed by atoms with Crippen molar-refractivity contribution in [3.05, 3.63) is 66.2 Å². The molecule has 1 saturated heterocycles. The number of ketones is 1. The van der Waals surface area contributed by atoms with E-state index in [9.17, 15) is 14.4 Å². The molecule has 32 heavy (non-hydrogen) atoms. The number of methoxy groups -OCH3 is 1. The molecule has 6 atom stereocenters. The van der Waals surface area contributed by atoms with Crippen molar-refractivity contribution in [3.63, 3.8) is 0 Å². The summed E-state index contributed by atoms with van der Waals surface area (Å²) in [7, 11) is 1.57. The number of benzene rings is 2. The number of hydrogen-bond donors (Lipinski definition) is 0. The van der Waals surface area contributed by atoms with Crippen LogP contribution >= 0.6 is 0 Å². The molecule has 6 heteroatoms. The summed E-state index contributed by atoms with van der Waals surface area (Å²) in [5, 5.41) is 0. The Hall–Kier alpha value is -3.41. The first-order valence-corrected chi connectivity index (χ1v) is 11.0. The van der Waals surface area contributed by atoms with E-state index in [1.807, 2.05) is 0 Å². The minimum absolute atomic E-state index is 0.137.